The van der Waals surface area contributed by atoms with Crippen molar-refractivity contribution in [1.82, 2.24) is 9.88 Å². The van der Waals surface area contributed by atoms with Crippen LogP contribution in [-0.4, -0.2) is 33.9 Å². The van der Waals surface area contributed by atoms with E-state index < -0.39 is 0 Å². The summed E-state index contributed by atoms with van der Waals surface area (Å²) < 4.78 is 0. The monoisotopic (exact) mass is 233 g/mol. The van der Waals surface area contributed by atoms with E-state index >= 15 is 0 Å². The van der Waals surface area contributed by atoms with Crippen LogP contribution in [-0.2, 0) is 6.54 Å². The highest BCUT2D eigenvalue weighted by atomic mass is 16.4. The molecule has 1 unspecified atom stereocenters. The quantitative estimate of drug-likeness (QED) is 0.628. The molecule has 92 valence electrons. The second kappa shape index (κ2) is 5.27. The van der Waals surface area contributed by atoms with Crippen LogP contribution in [0.5, 0.6) is 0 Å². The SMILES string of the molecule is Cc1cccnc1CN1CC/C(=N\O)C(C)C1. The van der Waals surface area contributed by atoms with E-state index in [0.717, 1.165) is 37.5 Å². The number of pyridine rings is 1. The number of aromatic nitrogens is 1. The standard InChI is InChI=1S/C13H19N3O/c1-10-4-3-6-14-13(10)9-16-7-5-12(15-17)11(2)8-16/h3-4,6,11,17H,5,7-9H2,1-2H3/b15-12+. The molecule has 1 aromatic heterocycles. The van der Waals surface area contributed by atoms with E-state index in [0.29, 0.717) is 5.92 Å². The number of aryl methyl sites for hydroxylation is 1. The van der Waals surface area contributed by atoms with Crippen LogP contribution in [0.3, 0.4) is 0 Å². The van der Waals surface area contributed by atoms with Gasteiger partial charge < -0.3 is 5.21 Å². The van der Waals surface area contributed by atoms with Gasteiger partial charge in [0.05, 0.1) is 11.4 Å². The molecular weight excluding hydrogens is 214 g/mol. The molecule has 1 fully saturated rings. The number of oxime groups is 1. The van der Waals surface area contributed by atoms with Crippen molar-refractivity contribution in [2.24, 2.45) is 11.1 Å². The molecule has 1 atom stereocenters. The maximum absolute atomic E-state index is 8.84. The van der Waals surface area contributed by atoms with Crippen LogP contribution in [0, 0.1) is 12.8 Å². The predicted octanol–water partition coefficient (Wildman–Crippen LogP) is 2.06. The molecule has 4 heteroatoms. The molecule has 4 nitrogen and oxygen atoms in total. The molecule has 17 heavy (non-hydrogen) atoms. The fourth-order valence-corrected chi connectivity index (χ4v) is 2.29. The van der Waals surface area contributed by atoms with Crippen LogP contribution in [0.25, 0.3) is 0 Å². The predicted molar refractivity (Wildman–Crippen MR) is 67.3 cm³/mol. The van der Waals surface area contributed by atoms with Crippen LogP contribution < -0.4 is 0 Å². The Balaban J connectivity index is 2.00. The summed E-state index contributed by atoms with van der Waals surface area (Å²) in [5, 5.41) is 12.2. The van der Waals surface area contributed by atoms with E-state index in [1.807, 2.05) is 12.3 Å². The van der Waals surface area contributed by atoms with E-state index in [4.69, 9.17) is 5.21 Å². The highest BCUT2D eigenvalue weighted by Gasteiger charge is 2.22. The van der Waals surface area contributed by atoms with Gasteiger partial charge in [0.15, 0.2) is 0 Å². The molecule has 0 bridgehead atoms. The Kier molecular flexibility index (Phi) is 3.74. The van der Waals surface area contributed by atoms with Gasteiger partial charge in [-0.2, -0.15) is 0 Å². The zero-order valence-electron chi connectivity index (χ0n) is 10.4. The molecule has 0 aliphatic carbocycles. The van der Waals surface area contributed by atoms with Gasteiger partial charge in [0.2, 0.25) is 0 Å². The van der Waals surface area contributed by atoms with Gasteiger partial charge in [0.1, 0.15) is 0 Å². The normalized spacial score (nSPS) is 24.1. The van der Waals surface area contributed by atoms with Gasteiger partial charge in [0, 0.05) is 38.2 Å². The van der Waals surface area contributed by atoms with Crippen LogP contribution in [0.2, 0.25) is 0 Å². The number of piperidine rings is 1. The zero-order chi connectivity index (χ0) is 12.3. The summed E-state index contributed by atoms with van der Waals surface area (Å²) in [5.41, 5.74) is 3.30. The maximum Gasteiger partial charge on any atom is 0.0624 e. The van der Waals surface area contributed by atoms with E-state index in [1.54, 1.807) is 0 Å². The van der Waals surface area contributed by atoms with Gasteiger partial charge in [-0.3, -0.25) is 9.88 Å². The lowest BCUT2D eigenvalue weighted by Gasteiger charge is -2.31. The van der Waals surface area contributed by atoms with Crippen molar-refractivity contribution in [2.45, 2.75) is 26.8 Å². The van der Waals surface area contributed by atoms with E-state index in [-0.39, 0.29) is 0 Å². The minimum atomic E-state index is 0.331. The van der Waals surface area contributed by atoms with Crippen LogP contribution in [0.15, 0.2) is 23.5 Å². The minimum Gasteiger partial charge on any atom is -0.411 e. The van der Waals surface area contributed by atoms with E-state index in [9.17, 15) is 0 Å². The summed E-state index contributed by atoms with van der Waals surface area (Å²) in [6.45, 7) is 6.97. The Hall–Kier alpha value is -1.42. The fraction of sp³-hybridized carbons (Fsp3) is 0.538. The molecule has 1 aliphatic rings. The number of hydrogen-bond acceptors (Lipinski definition) is 4. The van der Waals surface area contributed by atoms with Gasteiger partial charge >= 0.3 is 0 Å². The summed E-state index contributed by atoms with van der Waals surface area (Å²) in [4.78, 5) is 6.79. The van der Waals surface area contributed by atoms with Gasteiger partial charge in [0.25, 0.3) is 0 Å². The molecule has 1 aliphatic heterocycles. The molecule has 0 saturated carbocycles. The van der Waals surface area contributed by atoms with E-state index in [2.05, 4.69) is 35.0 Å². The van der Waals surface area contributed by atoms with Crippen molar-refractivity contribution in [3.63, 3.8) is 0 Å². The van der Waals surface area contributed by atoms with Gasteiger partial charge in [-0.1, -0.05) is 18.1 Å². The molecule has 0 amide bonds. The molecule has 1 saturated heterocycles. The average Bonchev–Trinajstić information content (AvgIpc) is 2.32. The van der Waals surface area contributed by atoms with Crippen molar-refractivity contribution in [1.29, 1.82) is 0 Å². The third-order valence-electron chi connectivity index (χ3n) is 3.40. The second-order valence-electron chi connectivity index (χ2n) is 4.74. The van der Waals surface area contributed by atoms with Crippen LogP contribution >= 0.6 is 0 Å². The third kappa shape index (κ3) is 2.82. The van der Waals surface area contributed by atoms with Crippen LogP contribution in [0.1, 0.15) is 24.6 Å². The van der Waals surface area contributed by atoms with Crippen molar-refractivity contribution in [3.8, 4) is 0 Å². The largest absolute Gasteiger partial charge is 0.411 e. The molecule has 0 aromatic carbocycles. The molecular formula is C13H19N3O. The Morgan fingerprint density at radius 2 is 2.41 bits per heavy atom. The smallest absolute Gasteiger partial charge is 0.0624 e. The highest BCUT2D eigenvalue weighted by molar-refractivity contribution is 5.86. The number of hydrogen-bond donors (Lipinski definition) is 1. The van der Waals surface area contributed by atoms with Gasteiger partial charge in [-0.25, -0.2) is 0 Å². The lowest BCUT2D eigenvalue weighted by Crippen LogP contribution is -2.39. The summed E-state index contributed by atoms with van der Waals surface area (Å²) in [7, 11) is 0. The Labute approximate surface area is 102 Å². The van der Waals surface area contributed by atoms with Crippen LogP contribution in [0.4, 0.5) is 0 Å². The summed E-state index contributed by atoms with van der Waals surface area (Å²) >= 11 is 0. The van der Waals surface area contributed by atoms with Gasteiger partial charge in [-0.05, 0) is 18.6 Å². The molecule has 2 rings (SSSR count). The molecule has 1 N–H and O–H groups in total. The molecule has 2 heterocycles. The Bertz CT molecular complexity index is 417. The minimum absolute atomic E-state index is 0.331. The molecule has 0 radical (unpaired) electrons. The highest BCUT2D eigenvalue weighted by Crippen LogP contribution is 2.16. The van der Waals surface area contributed by atoms with Crippen molar-refractivity contribution in [2.75, 3.05) is 13.1 Å². The number of likely N-dealkylation sites (tertiary alicyclic amines) is 1. The Morgan fingerprint density at radius 1 is 1.59 bits per heavy atom. The first-order valence-electron chi connectivity index (χ1n) is 6.04. The first-order chi connectivity index (χ1) is 8.20. The summed E-state index contributed by atoms with van der Waals surface area (Å²) in [5.74, 6) is 0.331. The first kappa shape index (κ1) is 12.0. The average molecular weight is 233 g/mol. The third-order valence-corrected chi connectivity index (χ3v) is 3.40. The van der Waals surface area contributed by atoms with Gasteiger partial charge in [-0.15, -0.1) is 0 Å². The molecule has 0 spiro atoms. The lowest BCUT2D eigenvalue weighted by molar-refractivity contribution is 0.226. The second-order valence-corrected chi connectivity index (χ2v) is 4.74. The zero-order valence-corrected chi connectivity index (χ0v) is 10.4. The first-order valence-corrected chi connectivity index (χ1v) is 6.04. The summed E-state index contributed by atoms with van der Waals surface area (Å²) in [6, 6.07) is 4.06. The van der Waals surface area contributed by atoms with Crippen molar-refractivity contribution < 1.29 is 5.21 Å². The number of rotatable bonds is 2. The topological polar surface area (TPSA) is 48.7 Å². The van der Waals surface area contributed by atoms with Crippen molar-refractivity contribution in [3.05, 3.63) is 29.6 Å². The van der Waals surface area contributed by atoms with Crippen molar-refractivity contribution >= 4 is 5.71 Å². The fourth-order valence-electron chi connectivity index (χ4n) is 2.29. The number of nitrogens with zero attached hydrogens (tertiary/aromatic N) is 3. The summed E-state index contributed by atoms with van der Waals surface area (Å²) in [6.07, 6.45) is 2.69. The van der Waals surface area contributed by atoms with E-state index in [1.165, 1.54) is 5.56 Å². The maximum atomic E-state index is 8.84. The molecule has 1 aromatic rings. The Morgan fingerprint density at radius 3 is 3.06 bits per heavy atom. The lowest BCUT2D eigenvalue weighted by atomic mass is 9.97.